The molecule has 1 heterocycles. The Kier molecular flexibility index (Phi) is 2.53. The van der Waals surface area contributed by atoms with Crippen LogP contribution in [0.15, 0.2) is 46.9 Å². The number of phenols is 1. The number of halogens is 1. The summed E-state index contributed by atoms with van der Waals surface area (Å²) in [5.41, 5.74) is 2.44. The molecule has 3 heteroatoms. The maximum Gasteiger partial charge on any atom is 0.153 e. The number of furan rings is 1. The Hall–Kier alpha value is -1.93. The third-order valence-corrected chi connectivity index (χ3v) is 3.27. The molecule has 0 fully saturated rings. The minimum atomic E-state index is 0.285. The zero-order valence-corrected chi connectivity index (χ0v) is 10.5. The molecule has 3 rings (SSSR count). The van der Waals surface area contributed by atoms with Gasteiger partial charge in [-0.1, -0.05) is 23.7 Å². The molecule has 1 N–H and O–H groups in total. The number of hydrogen-bond donors (Lipinski definition) is 1. The average molecular weight is 259 g/mol. The lowest BCUT2D eigenvalue weighted by molar-refractivity contribution is 0.471. The van der Waals surface area contributed by atoms with E-state index in [4.69, 9.17) is 16.0 Å². The number of fused-ring (bicyclic) bond motifs is 1. The normalized spacial score (nSPS) is 11.0. The van der Waals surface area contributed by atoms with E-state index in [0.29, 0.717) is 10.6 Å². The molecule has 0 unspecified atom stereocenters. The van der Waals surface area contributed by atoms with Gasteiger partial charge in [0.1, 0.15) is 11.5 Å². The van der Waals surface area contributed by atoms with E-state index < -0.39 is 0 Å². The molecule has 0 atom stereocenters. The molecule has 3 aromatic rings. The van der Waals surface area contributed by atoms with Crippen molar-refractivity contribution in [1.29, 1.82) is 0 Å². The van der Waals surface area contributed by atoms with Crippen LogP contribution in [0.4, 0.5) is 0 Å². The van der Waals surface area contributed by atoms with Crippen molar-refractivity contribution in [3.63, 3.8) is 0 Å². The molecule has 2 nitrogen and oxygen atoms in total. The summed E-state index contributed by atoms with van der Waals surface area (Å²) in [5.74, 6) is 1.04. The molecular formula is C15H11ClO2. The molecule has 1 aromatic heterocycles. The number of para-hydroxylation sites is 1. The van der Waals surface area contributed by atoms with Gasteiger partial charge < -0.3 is 9.52 Å². The molecule has 0 amide bonds. The fourth-order valence-electron chi connectivity index (χ4n) is 1.98. The lowest BCUT2D eigenvalue weighted by Crippen LogP contribution is -1.77. The van der Waals surface area contributed by atoms with Crippen LogP contribution in [-0.2, 0) is 0 Å². The Morgan fingerprint density at radius 1 is 1.11 bits per heavy atom. The van der Waals surface area contributed by atoms with Crippen molar-refractivity contribution in [2.75, 3.05) is 0 Å². The minimum absolute atomic E-state index is 0.285. The number of hydrogen-bond acceptors (Lipinski definition) is 2. The summed E-state index contributed by atoms with van der Waals surface area (Å²) in [6, 6.07) is 13.0. The molecule has 0 aliphatic heterocycles. The van der Waals surface area contributed by atoms with Crippen molar-refractivity contribution >= 4 is 22.6 Å². The van der Waals surface area contributed by atoms with Gasteiger partial charge in [0.05, 0.1) is 5.02 Å². The van der Waals surface area contributed by atoms with E-state index in [1.807, 2.05) is 37.3 Å². The molecule has 0 saturated heterocycles. The van der Waals surface area contributed by atoms with Gasteiger partial charge in [0, 0.05) is 10.9 Å². The highest BCUT2D eigenvalue weighted by molar-refractivity contribution is 6.34. The summed E-state index contributed by atoms with van der Waals surface area (Å²) in [6.07, 6.45) is 0. The van der Waals surface area contributed by atoms with Crippen molar-refractivity contribution < 1.29 is 9.52 Å². The third-order valence-electron chi connectivity index (χ3n) is 2.98. The Balaban J connectivity index is 2.19. The fourth-order valence-corrected chi connectivity index (χ4v) is 2.20. The van der Waals surface area contributed by atoms with Crippen LogP contribution in [0.5, 0.6) is 5.75 Å². The zero-order valence-electron chi connectivity index (χ0n) is 9.77. The van der Waals surface area contributed by atoms with Crippen LogP contribution in [0, 0.1) is 6.92 Å². The first-order chi connectivity index (χ1) is 8.65. The van der Waals surface area contributed by atoms with Gasteiger partial charge in [0.15, 0.2) is 5.58 Å². The second-order valence-corrected chi connectivity index (χ2v) is 4.68. The summed E-state index contributed by atoms with van der Waals surface area (Å²) < 4.78 is 5.77. The van der Waals surface area contributed by atoms with E-state index >= 15 is 0 Å². The van der Waals surface area contributed by atoms with E-state index in [1.54, 1.807) is 12.1 Å². The Bertz CT molecular complexity index is 728. The van der Waals surface area contributed by atoms with Crippen LogP contribution in [0.3, 0.4) is 0 Å². The lowest BCUT2D eigenvalue weighted by Gasteiger charge is -2.01. The van der Waals surface area contributed by atoms with E-state index in [9.17, 15) is 5.11 Å². The maximum atomic E-state index is 9.52. The van der Waals surface area contributed by atoms with Crippen LogP contribution in [0.25, 0.3) is 22.3 Å². The van der Waals surface area contributed by atoms with Gasteiger partial charge >= 0.3 is 0 Å². The van der Waals surface area contributed by atoms with Crippen molar-refractivity contribution in [3.05, 3.63) is 53.1 Å². The van der Waals surface area contributed by atoms with Crippen LogP contribution in [0.1, 0.15) is 5.56 Å². The number of aromatic hydroxyl groups is 1. The van der Waals surface area contributed by atoms with Crippen LogP contribution < -0.4 is 0 Å². The van der Waals surface area contributed by atoms with Gasteiger partial charge in [0.2, 0.25) is 0 Å². The summed E-state index contributed by atoms with van der Waals surface area (Å²) in [6.45, 7) is 1.86. The van der Waals surface area contributed by atoms with Crippen molar-refractivity contribution in [1.82, 2.24) is 0 Å². The van der Waals surface area contributed by atoms with Crippen LogP contribution in [0.2, 0.25) is 5.02 Å². The minimum Gasteiger partial charge on any atom is -0.508 e. The molecule has 0 bridgehead atoms. The molecule has 18 heavy (non-hydrogen) atoms. The second kappa shape index (κ2) is 4.07. The first-order valence-corrected chi connectivity index (χ1v) is 6.01. The predicted octanol–water partition coefficient (Wildman–Crippen LogP) is 4.77. The SMILES string of the molecule is Cc1cc(-c2cc3cccc(Cl)c3o2)ccc1O. The monoisotopic (exact) mass is 258 g/mol. The van der Waals surface area contributed by atoms with E-state index in [-0.39, 0.29) is 5.75 Å². The Morgan fingerprint density at radius 3 is 2.67 bits per heavy atom. The number of aryl methyl sites for hydroxylation is 1. The predicted molar refractivity (Wildman–Crippen MR) is 73.1 cm³/mol. The van der Waals surface area contributed by atoms with Gasteiger partial charge in [-0.25, -0.2) is 0 Å². The average Bonchev–Trinajstić information content (AvgIpc) is 2.78. The summed E-state index contributed by atoms with van der Waals surface area (Å²) >= 11 is 6.08. The summed E-state index contributed by atoms with van der Waals surface area (Å²) in [4.78, 5) is 0. The van der Waals surface area contributed by atoms with Crippen molar-refractivity contribution in [2.45, 2.75) is 6.92 Å². The Labute approximate surface area is 109 Å². The van der Waals surface area contributed by atoms with Gasteiger partial charge in [-0.15, -0.1) is 0 Å². The molecule has 0 radical (unpaired) electrons. The summed E-state index contributed by atoms with van der Waals surface area (Å²) in [5, 5.41) is 11.1. The highest BCUT2D eigenvalue weighted by Gasteiger charge is 2.09. The zero-order chi connectivity index (χ0) is 12.7. The number of benzene rings is 2. The summed E-state index contributed by atoms with van der Waals surface area (Å²) in [7, 11) is 0. The first-order valence-electron chi connectivity index (χ1n) is 5.63. The lowest BCUT2D eigenvalue weighted by atomic mass is 10.1. The van der Waals surface area contributed by atoms with Gasteiger partial charge in [0.25, 0.3) is 0 Å². The molecule has 0 spiro atoms. The maximum absolute atomic E-state index is 9.52. The van der Waals surface area contributed by atoms with Crippen molar-refractivity contribution in [2.24, 2.45) is 0 Å². The highest BCUT2D eigenvalue weighted by atomic mass is 35.5. The Morgan fingerprint density at radius 2 is 1.94 bits per heavy atom. The third kappa shape index (κ3) is 1.75. The highest BCUT2D eigenvalue weighted by Crippen LogP contribution is 2.33. The van der Waals surface area contributed by atoms with Crippen molar-refractivity contribution in [3.8, 4) is 17.1 Å². The van der Waals surface area contributed by atoms with Crippen LogP contribution in [-0.4, -0.2) is 5.11 Å². The van der Waals surface area contributed by atoms with E-state index in [2.05, 4.69) is 0 Å². The molecule has 0 aliphatic rings. The number of phenolic OH excluding ortho intramolecular Hbond substituents is 1. The fraction of sp³-hybridized carbons (Fsp3) is 0.0667. The molecular weight excluding hydrogens is 248 g/mol. The van der Waals surface area contributed by atoms with Crippen LogP contribution >= 0.6 is 11.6 Å². The smallest absolute Gasteiger partial charge is 0.153 e. The van der Waals surface area contributed by atoms with E-state index in [1.165, 1.54) is 0 Å². The molecule has 0 saturated carbocycles. The van der Waals surface area contributed by atoms with Gasteiger partial charge in [-0.2, -0.15) is 0 Å². The van der Waals surface area contributed by atoms with Gasteiger partial charge in [-0.05, 0) is 42.8 Å². The first kappa shape index (κ1) is 11.2. The van der Waals surface area contributed by atoms with Gasteiger partial charge in [-0.3, -0.25) is 0 Å². The quantitative estimate of drug-likeness (QED) is 0.682. The molecule has 90 valence electrons. The second-order valence-electron chi connectivity index (χ2n) is 4.27. The molecule has 0 aliphatic carbocycles. The van der Waals surface area contributed by atoms with E-state index in [0.717, 1.165) is 22.3 Å². The topological polar surface area (TPSA) is 33.4 Å². The largest absolute Gasteiger partial charge is 0.508 e. The number of rotatable bonds is 1. The standard InChI is InChI=1S/C15H11ClO2/c1-9-7-10(5-6-13(9)17)14-8-11-3-2-4-12(16)15(11)18-14/h2-8,17H,1H3. The molecule has 2 aromatic carbocycles.